The average Bonchev–Trinajstić information content (AvgIpc) is 2.79. The van der Waals surface area contributed by atoms with Crippen molar-refractivity contribution < 1.29 is 0 Å². The van der Waals surface area contributed by atoms with Crippen LogP contribution in [0.15, 0.2) is 54.6 Å². The van der Waals surface area contributed by atoms with Crippen LogP contribution >= 0.6 is 0 Å². The number of hydrogen-bond acceptors (Lipinski definition) is 1. The van der Waals surface area contributed by atoms with Crippen molar-refractivity contribution in [2.75, 3.05) is 0 Å². The van der Waals surface area contributed by atoms with Crippen LogP contribution in [0, 0.1) is 0 Å². The molecular weight excluding hydrogens is 230 g/mol. The van der Waals surface area contributed by atoms with Crippen molar-refractivity contribution in [1.82, 2.24) is 5.32 Å². The molecule has 0 aromatic heterocycles. The highest BCUT2D eigenvalue weighted by atomic mass is 15.0. The molecule has 2 aromatic rings. The van der Waals surface area contributed by atoms with Gasteiger partial charge in [-0.1, -0.05) is 54.6 Å². The topological polar surface area (TPSA) is 12.0 Å². The first-order chi connectivity index (χ1) is 9.24. The van der Waals surface area contributed by atoms with E-state index >= 15 is 0 Å². The van der Waals surface area contributed by atoms with Gasteiger partial charge in [0.25, 0.3) is 0 Å². The fraction of sp³-hybridized carbons (Fsp3) is 0.333. The molecule has 1 heteroatoms. The van der Waals surface area contributed by atoms with Crippen molar-refractivity contribution in [2.24, 2.45) is 0 Å². The Morgan fingerprint density at radius 1 is 0.842 bits per heavy atom. The third-order valence-electron chi connectivity index (χ3n) is 4.20. The molecule has 1 aliphatic heterocycles. The second-order valence-corrected chi connectivity index (χ2v) is 5.69. The third kappa shape index (κ3) is 2.57. The van der Waals surface area contributed by atoms with Crippen molar-refractivity contribution in [3.8, 4) is 11.1 Å². The first-order valence-electron chi connectivity index (χ1n) is 7.15. The van der Waals surface area contributed by atoms with Crippen LogP contribution < -0.4 is 5.32 Å². The number of nitrogens with one attached hydrogen (secondary N) is 1. The SMILES string of the molecule is CC1CC(c2ccc(-c3ccccc3)cc2)C(C)N1. The van der Waals surface area contributed by atoms with Crippen molar-refractivity contribution in [2.45, 2.75) is 38.3 Å². The molecule has 1 fully saturated rings. The monoisotopic (exact) mass is 251 g/mol. The molecule has 3 unspecified atom stereocenters. The van der Waals surface area contributed by atoms with E-state index in [2.05, 4.69) is 73.8 Å². The number of benzene rings is 2. The Balaban J connectivity index is 1.83. The van der Waals surface area contributed by atoms with E-state index in [1.807, 2.05) is 0 Å². The molecule has 1 N–H and O–H groups in total. The van der Waals surface area contributed by atoms with Gasteiger partial charge in [-0.15, -0.1) is 0 Å². The van der Waals surface area contributed by atoms with Gasteiger partial charge >= 0.3 is 0 Å². The van der Waals surface area contributed by atoms with Crippen LogP contribution in [-0.4, -0.2) is 12.1 Å². The lowest BCUT2D eigenvalue weighted by Crippen LogP contribution is -2.26. The van der Waals surface area contributed by atoms with Crippen molar-refractivity contribution in [1.29, 1.82) is 0 Å². The van der Waals surface area contributed by atoms with Gasteiger partial charge in [-0.25, -0.2) is 0 Å². The zero-order valence-corrected chi connectivity index (χ0v) is 11.6. The van der Waals surface area contributed by atoms with Crippen LogP contribution in [0.4, 0.5) is 0 Å². The standard InChI is InChI=1S/C18H21N/c1-13-12-18(14(2)19-13)17-10-8-16(9-11-17)15-6-4-3-5-7-15/h3-11,13-14,18-19H,12H2,1-2H3. The van der Waals surface area contributed by atoms with Gasteiger partial charge in [-0.3, -0.25) is 0 Å². The molecule has 98 valence electrons. The average molecular weight is 251 g/mol. The summed E-state index contributed by atoms with van der Waals surface area (Å²) in [6, 6.07) is 20.9. The first-order valence-corrected chi connectivity index (χ1v) is 7.15. The van der Waals surface area contributed by atoms with Gasteiger partial charge in [-0.2, -0.15) is 0 Å². The van der Waals surface area contributed by atoms with Crippen molar-refractivity contribution in [3.05, 3.63) is 60.2 Å². The molecule has 0 bridgehead atoms. The second kappa shape index (κ2) is 5.18. The van der Waals surface area contributed by atoms with E-state index < -0.39 is 0 Å². The lowest BCUT2D eigenvalue weighted by atomic mass is 9.90. The minimum Gasteiger partial charge on any atom is -0.311 e. The van der Waals surface area contributed by atoms with E-state index in [9.17, 15) is 0 Å². The normalized spacial score (nSPS) is 26.5. The van der Waals surface area contributed by atoms with E-state index in [0.29, 0.717) is 18.0 Å². The lowest BCUT2D eigenvalue weighted by Gasteiger charge is -2.15. The summed E-state index contributed by atoms with van der Waals surface area (Å²) in [5.41, 5.74) is 4.06. The van der Waals surface area contributed by atoms with Crippen LogP contribution in [0.1, 0.15) is 31.7 Å². The van der Waals surface area contributed by atoms with Gasteiger partial charge in [0.15, 0.2) is 0 Å². The van der Waals surface area contributed by atoms with Gasteiger partial charge in [0.05, 0.1) is 0 Å². The summed E-state index contributed by atoms with van der Waals surface area (Å²) in [7, 11) is 0. The lowest BCUT2D eigenvalue weighted by molar-refractivity contribution is 0.575. The molecule has 0 spiro atoms. The maximum Gasteiger partial charge on any atom is 0.0110 e. The van der Waals surface area contributed by atoms with Crippen LogP contribution in [0.2, 0.25) is 0 Å². The summed E-state index contributed by atoms with van der Waals surface area (Å²) in [6.45, 7) is 4.56. The Hall–Kier alpha value is -1.60. The molecule has 3 rings (SSSR count). The Bertz CT molecular complexity index is 529. The molecule has 2 aromatic carbocycles. The van der Waals surface area contributed by atoms with E-state index in [-0.39, 0.29) is 0 Å². The van der Waals surface area contributed by atoms with Crippen LogP contribution in [0.3, 0.4) is 0 Å². The highest BCUT2D eigenvalue weighted by Crippen LogP contribution is 2.31. The summed E-state index contributed by atoms with van der Waals surface area (Å²) in [4.78, 5) is 0. The Kier molecular flexibility index (Phi) is 3.39. The van der Waals surface area contributed by atoms with Gasteiger partial charge in [0.2, 0.25) is 0 Å². The van der Waals surface area contributed by atoms with Gasteiger partial charge in [0, 0.05) is 18.0 Å². The minimum atomic E-state index is 0.581. The predicted molar refractivity (Wildman–Crippen MR) is 81.3 cm³/mol. The highest BCUT2D eigenvalue weighted by Gasteiger charge is 2.28. The Labute approximate surface area is 115 Å². The van der Waals surface area contributed by atoms with Crippen LogP contribution in [-0.2, 0) is 0 Å². The summed E-state index contributed by atoms with van der Waals surface area (Å²) in [5, 5.41) is 3.61. The van der Waals surface area contributed by atoms with E-state index in [1.54, 1.807) is 0 Å². The quantitative estimate of drug-likeness (QED) is 0.843. The van der Waals surface area contributed by atoms with Crippen LogP contribution in [0.5, 0.6) is 0 Å². The number of rotatable bonds is 2. The van der Waals surface area contributed by atoms with Crippen molar-refractivity contribution >= 4 is 0 Å². The molecule has 0 radical (unpaired) electrons. The molecule has 0 saturated carbocycles. The van der Waals surface area contributed by atoms with E-state index in [1.165, 1.54) is 23.1 Å². The fourth-order valence-corrected chi connectivity index (χ4v) is 3.20. The number of hydrogen-bond donors (Lipinski definition) is 1. The first kappa shape index (κ1) is 12.4. The highest BCUT2D eigenvalue weighted by molar-refractivity contribution is 5.63. The largest absolute Gasteiger partial charge is 0.311 e. The minimum absolute atomic E-state index is 0.581. The van der Waals surface area contributed by atoms with Crippen LogP contribution in [0.25, 0.3) is 11.1 Å². The summed E-state index contributed by atoms with van der Waals surface area (Å²) in [6.07, 6.45) is 1.24. The second-order valence-electron chi connectivity index (χ2n) is 5.69. The molecule has 3 atom stereocenters. The zero-order chi connectivity index (χ0) is 13.2. The molecule has 0 amide bonds. The van der Waals surface area contributed by atoms with E-state index in [0.717, 1.165) is 0 Å². The molecule has 1 saturated heterocycles. The van der Waals surface area contributed by atoms with Gasteiger partial charge in [-0.05, 0) is 37.0 Å². The third-order valence-corrected chi connectivity index (χ3v) is 4.20. The summed E-state index contributed by atoms with van der Waals surface area (Å²) < 4.78 is 0. The Morgan fingerprint density at radius 3 is 2.05 bits per heavy atom. The van der Waals surface area contributed by atoms with Gasteiger partial charge in [0.1, 0.15) is 0 Å². The molecule has 0 aliphatic carbocycles. The molecule has 19 heavy (non-hydrogen) atoms. The molecule has 1 heterocycles. The zero-order valence-electron chi connectivity index (χ0n) is 11.6. The Morgan fingerprint density at radius 2 is 1.47 bits per heavy atom. The maximum atomic E-state index is 3.61. The maximum absolute atomic E-state index is 3.61. The summed E-state index contributed by atoms with van der Waals surface area (Å²) >= 11 is 0. The summed E-state index contributed by atoms with van der Waals surface area (Å²) in [5.74, 6) is 0.653. The molecular formula is C18H21N. The van der Waals surface area contributed by atoms with E-state index in [4.69, 9.17) is 0 Å². The smallest absolute Gasteiger partial charge is 0.0110 e. The fourth-order valence-electron chi connectivity index (χ4n) is 3.20. The van der Waals surface area contributed by atoms with Crippen molar-refractivity contribution in [3.63, 3.8) is 0 Å². The molecule has 1 aliphatic rings. The van der Waals surface area contributed by atoms with Gasteiger partial charge < -0.3 is 5.32 Å². The molecule has 1 nitrogen and oxygen atoms in total. The predicted octanol–water partition coefficient (Wildman–Crippen LogP) is 4.21.